The van der Waals surface area contributed by atoms with E-state index in [-0.39, 0.29) is 11.9 Å². The van der Waals surface area contributed by atoms with Gasteiger partial charge in [-0.1, -0.05) is 30.3 Å². The molecule has 4 heteroatoms. The summed E-state index contributed by atoms with van der Waals surface area (Å²) in [6.45, 7) is 2.24. The van der Waals surface area contributed by atoms with Gasteiger partial charge in [-0.3, -0.25) is 9.78 Å². The van der Waals surface area contributed by atoms with Gasteiger partial charge in [0.05, 0.1) is 18.9 Å². The largest absolute Gasteiger partial charge is 0.375 e. The molecule has 0 amide bonds. The van der Waals surface area contributed by atoms with E-state index in [0.29, 0.717) is 18.6 Å². The Kier molecular flexibility index (Phi) is 4.38. The first-order valence-electron chi connectivity index (χ1n) is 7.12. The minimum Gasteiger partial charge on any atom is -0.375 e. The molecule has 0 spiro atoms. The van der Waals surface area contributed by atoms with Gasteiger partial charge in [0.25, 0.3) is 0 Å². The van der Waals surface area contributed by atoms with E-state index in [1.807, 2.05) is 36.4 Å². The number of Topliss-reactive ketones (excluding diaryl/α,β-unsaturated/α-hetero) is 1. The Balaban J connectivity index is 1.83. The number of pyridine rings is 1. The second-order valence-corrected chi connectivity index (χ2v) is 5.03. The van der Waals surface area contributed by atoms with Gasteiger partial charge in [-0.15, -0.1) is 0 Å². The predicted octanol–water partition coefficient (Wildman–Crippen LogP) is 2.11. The molecule has 1 aliphatic heterocycles. The summed E-state index contributed by atoms with van der Waals surface area (Å²) in [5.74, 6) is 0.0940. The minimum atomic E-state index is -0.0443. The van der Waals surface area contributed by atoms with Gasteiger partial charge in [-0.05, 0) is 11.6 Å². The van der Waals surface area contributed by atoms with Crippen LogP contribution in [0.25, 0.3) is 11.1 Å². The molecule has 1 N–H and O–H groups in total. The van der Waals surface area contributed by atoms with E-state index in [1.165, 1.54) is 0 Å². The molecule has 1 atom stereocenters. The van der Waals surface area contributed by atoms with E-state index >= 15 is 0 Å². The zero-order valence-corrected chi connectivity index (χ0v) is 11.7. The zero-order chi connectivity index (χ0) is 14.5. The molecule has 0 aliphatic carbocycles. The van der Waals surface area contributed by atoms with Crippen molar-refractivity contribution in [3.63, 3.8) is 0 Å². The highest BCUT2D eigenvalue weighted by Gasteiger charge is 2.20. The fourth-order valence-electron chi connectivity index (χ4n) is 2.51. The maximum Gasteiger partial charge on any atom is 0.166 e. The van der Waals surface area contributed by atoms with Gasteiger partial charge in [0, 0.05) is 36.8 Å². The number of morpholine rings is 1. The number of hydrogen-bond donors (Lipinski definition) is 1. The smallest absolute Gasteiger partial charge is 0.166 e. The lowest BCUT2D eigenvalue weighted by Gasteiger charge is -2.23. The van der Waals surface area contributed by atoms with Gasteiger partial charge in [0.2, 0.25) is 0 Å². The molecule has 1 saturated heterocycles. The number of rotatable bonds is 4. The molecular formula is C17H17N2O2. The molecule has 1 aromatic heterocycles. The lowest BCUT2D eigenvalue weighted by molar-refractivity contribution is 0.0240. The van der Waals surface area contributed by atoms with E-state index in [2.05, 4.69) is 16.5 Å². The van der Waals surface area contributed by atoms with Gasteiger partial charge in [-0.2, -0.15) is 0 Å². The highest BCUT2D eigenvalue weighted by atomic mass is 16.5. The Morgan fingerprint density at radius 1 is 1.33 bits per heavy atom. The number of ketones is 1. The number of nitrogens with one attached hydrogen (secondary N) is 1. The Bertz CT molecular complexity index is 607. The summed E-state index contributed by atoms with van der Waals surface area (Å²) in [5, 5.41) is 3.24. The van der Waals surface area contributed by atoms with Gasteiger partial charge < -0.3 is 10.1 Å². The molecule has 1 aromatic carbocycles. The average Bonchev–Trinajstić information content (AvgIpc) is 2.56. The highest BCUT2D eigenvalue weighted by molar-refractivity contribution is 6.02. The molecule has 107 valence electrons. The summed E-state index contributed by atoms with van der Waals surface area (Å²) in [6.07, 6.45) is 4.96. The van der Waals surface area contributed by atoms with Crippen molar-refractivity contribution in [1.82, 2.24) is 10.3 Å². The van der Waals surface area contributed by atoms with E-state index < -0.39 is 0 Å². The highest BCUT2D eigenvalue weighted by Crippen LogP contribution is 2.24. The molecule has 2 aromatic rings. The first-order valence-corrected chi connectivity index (χ1v) is 7.12. The van der Waals surface area contributed by atoms with Gasteiger partial charge in [0.1, 0.15) is 0 Å². The maximum atomic E-state index is 12.6. The number of carbonyl (C=O) groups is 1. The number of aromatic nitrogens is 1. The zero-order valence-electron chi connectivity index (χ0n) is 11.7. The van der Waals surface area contributed by atoms with Crippen molar-refractivity contribution in [2.75, 3.05) is 19.7 Å². The van der Waals surface area contributed by atoms with Crippen LogP contribution in [-0.4, -0.2) is 36.6 Å². The third kappa shape index (κ3) is 3.35. The molecule has 21 heavy (non-hydrogen) atoms. The Morgan fingerprint density at radius 2 is 2.24 bits per heavy atom. The molecule has 1 radical (unpaired) electrons. The molecule has 0 bridgehead atoms. The fraction of sp³-hybridized carbons (Fsp3) is 0.294. The lowest BCUT2D eigenvalue weighted by Crippen LogP contribution is -2.39. The fourth-order valence-corrected chi connectivity index (χ4v) is 2.51. The number of ether oxygens (including phenoxy) is 1. The van der Waals surface area contributed by atoms with Crippen LogP contribution in [0.4, 0.5) is 0 Å². The molecule has 2 heterocycles. The second kappa shape index (κ2) is 6.61. The number of nitrogens with zero attached hydrogens (tertiary/aromatic N) is 1. The van der Waals surface area contributed by atoms with Gasteiger partial charge >= 0.3 is 0 Å². The molecular weight excluding hydrogens is 264 g/mol. The minimum absolute atomic E-state index is 0.0443. The maximum absolute atomic E-state index is 12.6. The summed E-state index contributed by atoms with van der Waals surface area (Å²) in [5.41, 5.74) is 2.42. The summed E-state index contributed by atoms with van der Waals surface area (Å²) < 4.78 is 5.61. The van der Waals surface area contributed by atoms with Crippen molar-refractivity contribution in [2.24, 2.45) is 0 Å². The van der Waals surface area contributed by atoms with Crippen molar-refractivity contribution in [3.8, 4) is 11.1 Å². The standard InChI is InChI=1S/C17H17N2O2/c20-17(10-14-12-19-8-9-21-14)16-6-2-1-5-15(16)13-4-3-7-18-11-13/h1-7,14,19H,8-10,12H2. The predicted molar refractivity (Wildman–Crippen MR) is 80.1 cm³/mol. The van der Waals surface area contributed by atoms with Crippen LogP contribution in [0, 0.1) is 6.20 Å². The normalized spacial score (nSPS) is 18.4. The lowest BCUT2D eigenvalue weighted by atomic mass is 9.95. The number of benzene rings is 1. The van der Waals surface area contributed by atoms with Crippen LogP contribution < -0.4 is 5.32 Å². The molecule has 1 unspecified atom stereocenters. The summed E-state index contributed by atoms with van der Waals surface area (Å²) >= 11 is 0. The third-order valence-corrected chi connectivity index (χ3v) is 3.54. The monoisotopic (exact) mass is 281 g/mol. The first kappa shape index (κ1) is 13.9. The number of hydrogen-bond acceptors (Lipinski definition) is 4. The van der Waals surface area contributed by atoms with Crippen molar-refractivity contribution >= 4 is 5.78 Å². The third-order valence-electron chi connectivity index (χ3n) is 3.54. The summed E-state index contributed by atoms with van der Waals surface area (Å²) in [7, 11) is 0. The number of carbonyl (C=O) groups excluding carboxylic acids is 1. The van der Waals surface area contributed by atoms with E-state index in [4.69, 9.17) is 4.74 Å². The van der Waals surface area contributed by atoms with Crippen LogP contribution >= 0.6 is 0 Å². The van der Waals surface area contributed by atoms with Crippen molar-refractivity contribution in [2.45, 2.75) is 12.5 Å². The summed E-state index contributed by atoms with van der Waals surface area (Å²) in [6, 6.07) is 11.4. The van der Waals surface area contributed by atoms with E-state index in [1.54, 1.807) is 6.20 Å². The van der Waals surface area contributed by atoms with E-state index in [0.717, 1.165) is 24.2 Å². The van der Waals surface area contributed by atoms with Crippen LogP contribution in [0.1, 0.15) is 16.8 Å². The SMILES string of the molecule is O=C(CC1CNCCO1)c1ccccc1-c1[c]nccc1. The van der Waals surface area contributed by atoms with Crippen LogP contribution in [0.15, 0.2) is 42.6 Å². The average molecular weight is 281 g/mol. The van der Waals surface area contributed by atoms with Crippen molar-refractivity contribution in [1.29, 1.82) is 0 Å². The Hall–Kier alpha value is -2.04. The quantitative estimate of drug-likeness (QED) is 0.872. The molecule has 4 nitrogen and oxygen atoms in total. The first-order chi connectivity index (χ1) is 10.3. The van der Waals surface area contributed by atoms with Crippen molar-refractivity contribution < 1.29 is 9.53 Å². The topological polar surface area (TPSA) is 51.2 Å². The van der Waals surface area contributed by atoms with Gasteiger partial charge in [0.15, 0.2) is 5.78 Å². The van der Waals surface area contributed by atoms with Crippen LogP contribution in [-0.2, 0) is 4.74 Å². The Morgan fingerprint density at radius 3 is 3.00 bits per heavy atom. The molecule has 3 rings (SSSR count). The van der Waals surface area contributed by atoms with E-state index in [9.17, 15) is 4.79 Å². The molecule has 1 aliphatic rings. The molecule has 1 fully saturated rings. The Labute approximate surface area is 124 Å². The van der Waals surface area contributed by atoms with Crippen LogP contribution in [0.5, 0.6) is 0 Å². The molecule has 0 saturated carbocycles. The van der Waals surface area contributed by atoms with Crippen molar-refractivity contribution in [3.05, 3.63) is 54.4 Å². The second-order valence-electron chi connectivity index (χ2n) is 5.03. The van der Waals surface area contributed by atoms with Gasteiger partial charge in [-0.25, -0.2) is 0 Å². The summed E-state index contributed by atoms with van der Waals surface area (Å²) in [4.78, 5) is 16.6. The van der Waals surface area contributed by atoms with Crippen LogP contribution in [0.3, 0.4) is 0 Å². The van der Waals surface area contributed by atoms with Crippen LogP contribution in [0.2, 0.25) is 0 Å².